The molecule has 0 saturated carbocycles. The summed E-state index contributed by atoms with van der Waals surface area (Å²) in [7, 11) is 0. The van der Waals surface area contributed by atoms with E-state index in [-0.39, 0.29) is 0 Å². The van der Waals surface area contributed by atoms with Crippen molar-refractivity contribution in [2.75, 3.05) is 5.88 Å². The summed E-state index contributed by atoms with van der Waals surface area (Å²) >= 11 is 5.33. The topological polar surface area (TPSA) is 20.2 Å². The molecular weight excluding hydrogens is 136 g/mol. The summed E-state index contributed by atoms with van der Waals surface area (Å²) in [5, 5.41) is 8.99. The second kappa shape index (κ2) is 4.45. The highest BCUT2D eigenvalue weighted by atomic mass is 35.5. The summed E-state index contributed by atoms with van der Waals surface area (Å²) in [6.07, 6.45) is 3.30. The predicted octanol–water partition coefficient (Wildman–Crippen LogP) is 2.63. The fourth-order valence-corrected chi connectivity index (χ4v) is 0.412. The molecule has 0 aromatic heterocycles. The van der Waals surface area contributed by atoms with Gasteiger partial charge in [-0.25, -0.2) is 0 Å². The molecule has 0 atom stereocenters. The minimum atomic E-state index is 0.302. The van der Waals surface area contributed by atoms with Crippen LogP contribution in [-0.4, -0.2) is 11.0 Å². The molecule has 0 amide bonds. The van der Waals surface area contributed by atoms with Gasteiger partial charge in [-0.3, -0.25) is 0 Å². The zero-order valence-electron chi connectivity index (χ0n) is 5.69. The van der Waals surface area contributed by atoms with Gasteiger partial charge in [0.15, 0.2) is 0 Å². The molecule has 0 radical (unpaired) electrons. The Morgan fingerprint density at radius 1 is 1.56 bits per heavy atom. The normalized spacial score (nSPS) is 10.1. The van der Waals surface area contributed by atoms with Gasteiger partial charge in [-0.2, -0.15) is 0 Å². The standard InChI is InChI=1S/C7H11ClO/c1-6(2)7(9)4-3-5-8/h3-4,9H,5H2,1-2H3/b4-3-. The largest absolute Gasteiger partial charge is 0.508 e. The molecule has 0 aromatic rings. The fraction of sp³-hybridized carbons (Fsp3) is 0.429. The first-order chi connectivity index (χ1) is 4.18. The minimum absolute atomic E-state index is 0.302. The number of aliphatic hydroxyl groups excluding tert-OH is 1. The van der Waals surface area contributed by atoms with Crippen molar-refractivity contribution in [3.63, 3.8) is 0 Å². The van der Waals surface area contributed by atoms with Gasteiger partial charge < -0.3 is 5.11 Å². The summed E-state index contributed by atoms with van der Waals surface area (Å²) in [4.78, 5) is 0. The van der Waals surface area contributed by atoms with Crippen LogP contribution in [0.15, 0.2) is 23.5 Å². The van der Waals surface area contributed by atoms with E-state index in [1.807, 2.05) is 13.8 Å². The maximum Gasteiger partial charge on any atom is 0.113 e. The molecule has 0 heterocycles. The van der Waals surface area contributed by atoms with Crippen LogP contribution in [0.4, 0.5) is 0 Å². The van der Waals surface area contributed by atoms with Gasteiger partial charge in [-0.05, 0) is 25.5 Å². The number of halogens is 1. The van der Waals surface area contributed by atoms with E-state index in [1.165, 1.54) is 0 Å². The first kappa shape index (κ1) is 8.57. The molecule has 2 heteroatoms. The van der Waals surface area contributed by atoms with E-state index < -0.39 is 0 Å². The van der Waals surface area contributed by atoms with E-state index in [4.69, 9.17) is 16.7 Å². The minimum Gasteiger partial charge on any atom is -0.508 e. The van der Waals surface area contributed by atoms with E-state index in [1.54, 1.807) is 12.2 Å². The molecule has 1 nitrogen and oxygen atoms in total. The summed E-state index contributed by atoms with van der Waals surface area (Å²) in [6.45, 7) is 3.68. The Bertz CT molecular complexity index is 132. The summed E-state index contributed by atoms with van der Waals surface area (Å²) in [5.41, 5.74) is 0.899. The average molecular weight is 147 g/mol. The lowest BCUT2D eigenvalue weighted by Crippen LogP contribution is -1.77. The van der Waals surface area contributed by atoms with Crippen LogP contribution in [0, 0.1) is 0 Å². The molecule has 0 aromatic carbocycles. The zero-order valence-corrected chi connectivity index (χ0v) is 6.44. The summed E-state index contributed by atoms with van der Waals surface area (Å²) in [5.74, 6) is 0.743. The number of rotatable bonds is 2. The van der Waals surface area contributed by atoms with Crippen molar-refractivity contribution >= 4 is 11.6 Å². The molecule has 0 aliphatic heterocycles. The Balaban J connectivity index is 3.91. The van der Waals surface area contributed by atoms with Crippen LogP contribution < -0.4 is 0 Å². The second-order valence-electron chi connectivity index (χ2n) is 1.94. The maximum absolute atomic E-state index is 8.99. The van der Waals surface area contributed by atoms with E-state index in [9.17, 15) is 0 Å². The van der Waals surface area contributed by atoms with Crippen LogP contribution in [0.25, 0.3) is 0 Å². The van der Waals surface area contributed by atoms with Crippen LogP contribution >= 0.6 is 11.6 Å². The van der Waals surface area contributed by atoms with Crippen molar-refractivity contribution < 1.29 is 5.11 Å². The van der Waals surface area contributed by atoms with Crippen LogP contribution in [0.2, 0.25) is 0 Å². The van der Waals surface area contributed by atoms with Crippen molar-refractivity contribution in [2.45, 2.75) is 13.8 Å². The molecule has 0 aliphatic rings. The SMILES string of the molecule is CC(C)=C(O)/C=C\CCl. The molecule has 52 valence electrons. The Kier molecular flexibility index (Phi) is 4.24. The number of allylic oxidation sites excluding steroid dienone is 3. The van der Waals surface area contributed by atoms with Gasteiger partial charge in [0.1, 0.15) is 5.76 Å². The van der Waals surface area contributed by atoms with Gasteiger partial charge in [0.05, 0.1) is 0 Å². The van der Waals surface area contributed by atoms with Crippen molar-refractivity contribution in [2.24, 2.45) is 0 Å². The third-order valence-corrected chi connectivity index (χ3v) is 1.06. The van der Waals surface area contributed by atoms with Crippen LogP contribution in [-0.2, 0) is 0 Å². The van der Waals surface area contributed by atoms with E-state index in [2.05, 4.69) is 0 Å². The fourth-order valence-electron chi connectivity index (χ4n) is 0.323. The molecular formula is C7H11ClO. The van der Waals surface area contributed by atoms with Crippen molar-refractivity contribution in [3.8, 4) is 0 Å². The lowest BCUT2D eigenvalue weighted by atomic mass is 10.3. The third-order valence-electron chi connectivity index (χ3n) is 0.877. The highest BCUT2D eigenvalue weighted by molar-refractivity contribution is 6.18. The van der Waals surface area contributed by atoms with Gasteiger partial charge in [0.25, 0.3) is 0 Å². The summed E-state index contributed by atoms with van der Waals surface area (Å²) < 4.78 is 0. The third kappa shape index (κ3) is 4.10. The summed E-state index contributed by atoms with van der Waals surface area (Å²) in [6, 6.07) is 0. The Morgan fingerprint density at radius 2 is 2.11 bits per heavy atom. The molecule has 1 N–H and O–H groups in total. The zero-order chi connectivity index (χ0) is 7.28. The van der Waals surface area contributed by atoms with Crippen molar-refractivity contribution in [3.05, 3.63) is 23.5 Å². The Labute approximate surface area is 60.6 Å². The van der Waals surface area contributed by atoms with Gasteiger partial charge >= 0.3 is 0 Å². The van der Waals surface area contributed by atoms with Crippen LogP contribution in [0.3, 0.4) is 0 Å². The number of aliphatic hydroxyl groups is 1. The first-order valence-electron chi connectivity index (χ1n) is 2.77. The molecule has 0 fully saturated rings. The molecule has 0 spiro atoms. The van der Waals surface area contributed by atoms with Crippen LogP contribution in [0.5, 0.6) is 0 Å². The van der Waals surface area contributed by atoms with Crippen molar-refractivity contribution in [1.29, 1.82) is 0 Å². The molecule has 0 bridgehead atoms. The molecule has 0 rings (SSSR count). The lowest BCUT2D eigenvalue weighted by molar-refractivity contribution is 0.425. The maximum atomic E-state index is 8.99. The number of hydrogen-bond acceptors (Lipinski definition) is 1. The highest BCUT2D eigenvalue weighted by Gasteiger charge is 1.85. The molecule has 0 aliphatic carbocycles. The Morgan fingerprint density at radius 3 is 2.44 bits per heavy atom. The first-order valence-corrected chi connectivity index (χ1v) is 3.31. The Hall–Kier alpha value is -0.430. The number of hydrogen-bond donors (Lipinski definition) is 1. The molecule has 9 heavy (non-hydrogen) atoms. The number of alkyl halides is 1. The lowest BCUT2D eigenvalue weighted by Gasteiger charge is -1.91. The highest BCUT2D eigenvalue weighted by Crippen LogP contribution is 1.99. The van der Waals surface area contributed by atoms with Crippen LogP contribution in [0.1, 0.15) is 13.8 Å². The average Bonchev–Trinajstić information content (AvgIpc) is 1.82. The molecule has 0 saturated heterocycles. The van der Waals surface area contributed by atoms with E-state index in [0.29, 0.717) is 11.6 Å². The van der Waals surface area contributed by atoms with Gasteiger partial charge in [0.2, 0.25) is 0 Å². The van der Waals surface area contributed by atoms with Gasteiger partial charge in [-0.1, -0.05) is 6.08 Å². The van der Waals surface area contributed by atoms with Crippen molar-refractivity contribution in [1.82, 2.24) is 0 Å². The monoisotopic (exact) mass is 146 g/mol. The quantitative estimate of drug-likeness (QED) is 0.361. The smallest absolute Gasteiger partial charge is 0.113 e. The van der Waals surface area contributed by atoms with E-state index >= 15 is 0 Å². The van der Waals surface area contributed by atoms with E-state index in [0.717, 1.165) is 5.57 Å². The van der Waals surface area contributed by atoms with Gasteiger partial charge in [-0.15, -0.1) is 11.6 Å². The predicted molar refractivity (Wildman–Crippen MR) is 40.9 cm³/mol. The second-order valence-corrected chi connectivity index (χ2v) is 2.25. The van der Waals surface area contributed by atoms with Gasteiger partial charge in [0, 0.05) is 5.88 Å². The molecule has 0 unspecified atom stereocenters.